The molecule has 7 nitrogen and oxygen atoms in total. The number of methoxy groups -OCH3 is 1. The molecule has 1 aromatic heterocycles. The molecule has 2 atom stereocenters. The lowest BCUT2D eigenvalue weighted by Gasteiger charge is -2.46. The van der Waals surface area contributed by atoms with E-state index in [4.69, 9.17) is 19.7 Å². The lowest BCUT2D eigenvalue weighted by atomic mass is 9.57. The van der Waals surface area contributed by atoms with Gasteiger partial charge < -0.3 is 19.2 Å². The summed E-state index contributed by atoms with van der Waals surface area (Å²) in [5, 5.41) is 5.73. The number of aromatic amines is 1. The number of hydrogen-bond donors (Lipinski definition) is 1. The van der Waals surface area contributed by atoms with Gasteiger partial charge >= 0.3 is 0 Å². The van der Waals surface area contributed by atoms with E-state index in [9.17, 15) is 0 Å². The zero-order valence-electron chi connectivity index (χ0n) is 30.1. The van der Waals surface area contributed by atoms with Crippen LogP contribution in [0.25, 0.3) is 49.7 Å². The Hall–Kier alpha value is -6.17. The third-order valence-electron chi connectivity index (χ3n) is 11.3. The second-order valence-corrected chi connectivity index (χ2v) is 15.3. The van der Waals surface area contributed by atoms with Gasteiger partial charge in [-0.1, -0.05) is 104 Å². The van der Waals surface area contributed by atoms with Gasteiger partial charge in [0, 0.05) is 49.9 Å². The largest absolute Gasteiger partial charge is 0.497 e. The molecule has 0 bridgehead atoms. The van der Waals surface area contributed by atoms with E-state index in [1.807, 2.05) is 36.5 Å². The van der Waals surface area contributed by atoms with Crippen LogP contribution in [-0.2, 0) is 11.0 Å². The van der Waals surface area contributed by atoms with E-state index in [0.717, 1.165) is 69.5 Å². The zero-order valence-corrected chi connectivity index (χ0v) is 30.1. The number of fused-ring (bicyclic) bond motifs is 10. The number of rotatable bonds is 7. The molecule has 2 aliphatic carbocycles. The van der Waals surface area contributed by atoms with Crippen molar-refractivity contribution in [2.75, 3.05) is 13.8 Å². The molecule has 3 aliphatic rings. The first-order valence-electron chi connectivity index (χ1n) is 18.1. The van der Waals surface area contributed by atoms with E-state index < -0.39 is 5.60 Å². The average molecular weight is 697 g/mol. The third-order valence-corrected chi connectivity index (χ3v) is 11.3. The molecule has 6 aromatic rings. The molecule has 0 amide bonds. The fourth-order valence-corrected chi connectivity index (χ4v) is 9.63. The lowest BCUT2D eigenvalue weighted by Crippen LogP contribution is -2.39. The number of nitrogens with zero attached hydrogens (tertiary/aromatic N) is 3. The number of allylic oxidation sites excluding steroid dienone is 1. The Morgan fingerprint density at radius 2 is 1.66 bits per heavy atom. The number of hydrogen-bond acceptors (Lipinski definition) is 4. The maximum Gasteiger partial charge on any atom is 0.178 e. The maximum absolute atomic E-state index is 9.14. The lowest BCUT2D eigenvalue weighted by molar-refractivity contribution is 0.162. The minimum Gasteiger partial charge on any atom is -0.497 e. The molecule has 1 spiro atoms. The fourth-order valence-electron chi connectivity index (χ4n) is 9.63. The molecule has 0 radical (unpaired) electrons. The van der Waals surface area contributed by atoms with Crippen molar-refractivity contribution in [1.29, 1.82) is 0 Å². The first-order chi connectivity index (χ1) is 25.8. The van der Waals surface area contributed by atoms with Gasteiger partial charge in [0.25, 0.3) is 0 Å². The second kappa shape index (κ2) is 12.2. The first-order valence-corrected chi connectivity index (χ1v) is 18.1. The Morgan fingerprint density at radius 1 is 0.887 bits per heavy atom. The van der Waals surface area contributed by atoms with Crippen molar-refractivity contribution in [3.63, 3.8) is 0 Å². The van der Waals surface area contributed by atoms with E-state index in [0.29, 0.717) is 5.75 Å². The van der Waals surface area contributed by atoms with Crippen molar-refractivity contribution < 1.29 is 14.2 Å². The van der Waals surface area contributed by atoms with Crippen molar-refractivity contribution in [1.82, 2.24) is 4.98 Å². The summed E-state index contributed by atoms with van der Waals surface area (Å²) in [5.74, 6) is 2.22. The summed E-state index contributed by atoms with van der Waals surface area (Å²) >= 11 is 0. The highest BCUT2D eigenvalue weighted by Crippen LogP contribution is 2.65. The predicted molar refractivity (Wildman–Crippen MR) is 211 cm³/mol. The van der Waals surface area contributed by atoms with Gasteiger partial charge in [0.1, 0.15) is 17.2 Å². The molecule has 53 heavy (non-hydrogen) atoms. The van der Waals surface area contributed by atoms with Gasteiger partial charge in [0.2, 0.25) is 0 Å². The summed E-state index contributed by atoms with van der Waals surface area (Å²) in [6.07, 6.45) is 9.26. The summed E-state index contributed by atoms with van der Waals surface area (Å²) in [6.45, 7) is 9.24. The quantitative estimate of drug-likeness (QED) is 0.0779. The van der Waals surface area contributed by atoms with Crippen molar-refractivity contribution in [2.24, 2.45) is 10.5 Å². The number of benzene rings is 5. The van der Waals surface area contributed by atoms with Gasteiger partial charge in [0.05, 0.1) is 7.11 Å². The second-order valence-electron chi connectivity index (χ2n) is 15.3. The summed E-state index contributed by atoms with van der Waals surface area (Å²) in [7, 11) is 1.68. The Kier molecular flexibility index (Phi) is 7.54. The van der Waals surface area contributed by atoms with Gasteiger partial charge in [-0.25, -0.2) is 0 Å². The highest BCUT2D eigenvalue weighted by molar-refractivity contribution is 6.10. The number of ether oxygens (including phenoxy) is 3. The molecule has 1 fully saturated rings. The monoisotopic (exact) mass is 696 g/mol. The molecular weight excluding hydrogens is 657 g/mol. The van der Waals surface area contributed by atoms with Crippen LogP contribution in [0.5, 0.6) is 17.2 Å². The van der Waals surface area contributed by atoms with Crippen LogP contribution in [0, 0.1) is 5.41 Å². The van der Waals surface area contributed by atoms with Crippen LogP contribution in [0.3, 0.4) is 0 Å². The first kappa shape index (κ1) is 32.7. The van der Waals surface area contributed by atoms with E-state index in [1.54, 1.807) is 7.11 Å². The summed E-state index contributed by atoms with van der Waals surface area (Å²) in [5.41, 5.74) is 19.0. The van der Waals surface area contributed by atoms with Crippen molar-refractivity contribution in [3.05, 3.63) is 166 Å². The molecule has 2 unspecified atom stereocenters. The Morgan fingerprint density at radius 3 is 2.40 bits per heavy atom. The minimum atomic E-state index is -0.932. The Bertz CT molecular complexity index is 2500. The van der Waals surface area contributed by atoms with Crippen molar-refractivity contribution >= 4 is 16.8 Å². The van der Waals surface area contributed by atoms with Crippen LogP contribution in [0.1, 0.15) is 60.9 Å². The van der Waals surface area contributed by atoms with E-state index in [1.165, 1.54) is 27.8 Å². The van der Waals surface area contributed by atoms with Gasteiger partial charge in [-0.05, 0) is 100 Å². The van der Waals surface area contributed by atoms with Crippen LogP contribution >= 0.6 is 0 Å². The van der Waals surface area contributed by atoms with Crippen LogP contribution in [-0.4, -0.2) is 18.8 Å². The SMILES string of the molecule is C=C1CC(C)(C)CC2(C1)c1ccccc1-c1c2c2c(c3cc(-c4ccc[nH]4)c(OCN=[N+]=[N-])cc13)OC(c1ccccc1)(c1ccc(OC)cc1)C=C2. The van der Waals surface area contributed by atoms with Gasteiger partial charge in [-0.2, -0.15) is 0 Å². The van der Waals surface area contributed by atoms with Crippen LogP contribution in [0.15, 0.2) is 133 Å². The van der Waals surface area contributed by atoms with Crippen molar-refractivity contribution in [3.8, 4) is 39.6 Å². The van der Waals surface area contributed by atoms with E-state index in [2.05, 4.69) is 120 Å². The molecule has 1 N–H and O–H groups in total. The molecule has 7 heteroatoms. The molecule has 1 saturated carbocycles. The molecule has 1 aliphatic heterocycles. The number of H-pyrrole nitrogens is 1. The van der Waals surface area contributed by atoms with Crippen LogP contribution < -0.4 is 14.2 Å². The highest BCUT2D eigenvalue weighted by atomic mass is 16.5. The standard InChI is InChI=1S/C46H40N4O3/c1-29-25-44(2,3)27-45(26-29)38-14-9-8-13-33(38)41-35-24-40(52-28-49-50-47)37(39-15-10-22-48-39)23-36(35)43-34(42(41)45)20-21-46(53-43,30-11-6-5-7-12-30)31-16-18-32(51-4)19-17-31/h5-24,48H,1,25-28H2,2-4H3. The average Bonchev–Trinajstić information content (AvgIpc) is 3.80. The Balaban J connectivity index is 1.41. The normalized spacial score (nSPS) is 20.6. The number of aromatic nitrogens is 1. The molecule has 2 heterocycles. The number of nitrogens with one attached hydrogen (secondary N) is 1. The third kappa shape index (κ3) is 5.07. The molecule has 9 rings (SSSR count). The highest BCUT2D eigenvalue weighted by Gasteiger charge is 2.52. The van der Waals surface area contributed by atoms with Gasteiger partial charge in [-0.15, -0.1) is 0 Å². The van der Waals surface area contributed by atoms with Crippen LogP contribution in [0.4, 0.5) is 0 Å². The summed E-state index contributed by atoms with van der Waals surface area (Å²) in [6, 6.07) is 35.7. The van der Waals surface area contributed by atoms with E-state index in [-0.39, 0.29) is 17.6 Å². The van der Waals surface area contributed by atoms with Gasteiger partial charge in [-0.3, -0.25) is 0 Å². The Labute approximate surface area is 309 Å². The maximum atomic E-state index is 9.14. The van der Waals surface area contributed by atoms with Crippen LogP contribution in [0.2, 0.25) is 0 Å². The van der Waals surface area contributed by atoms with Gasteiger partial charge in [0.15, 0.2) is 12.3 Å². The minimum absolute atomic E-state index is 0.0308. The molecular formula is C46H40N4O3. The number of azide groups is 1. The zero-order chi connectivity index (χ0) is 36.4. The van der Waals surface area contributed by atoms with Crippen molar-refractivity contribution in [2.45, 2.75) is 44.1 Å². The molecule has 0 saturated heterocycles. The topological polar surface area (TPSA) is 92.2 Å². The summed E-state index contributed by atoms with van der Waals surface area (Å²) in [4.78, 5) is 6.34. The predicted octanol–water partition coefficient (Wildman–Crippen LogP) is 11.9. The van der Waals surface area contributed by atoms with E-state index >= 15 is 0 Å². The fraction of sp³-hybridized carbons (Fsp3) is 0.217. The summed E-state index contributed by atoms with van der Waals surface area (Å²) < 4.78 is 19.5. The smallest absolute Gasteiger partial charge is 0.178 e. The molecule has 262 valence electrons. The molecule has 5 aromatic carbocycles.